The Morgan fingerprint density at radius 2 is 1.86 bits per heavy atom. The van der Waals surface area contributed by atoms with Crippen molar-refractivity contribution in [3.05, 3.63) is 59.5 Å². The van der Waals surface area contributed by atoms with Gasteiger partial charge in [0.15, 0.2) is 0 Å². The zero-order valence-corrected chi connectivity index (χ0v) is 23.1. The first-order valence-electron chi connectivity index (χ1n) is 12.9. The number of hydrogen-bond acceptors (Lipinski definition) is 6. The molecule has 37 heavy (non-hydrogen) atoms. The summed E-state index contributed by atoms with van der Waals surface area (Å²) in [5, 5.41) is 0. The largest absolute Gasteiger partial charge is 0.464 e. The minimum Gasteiger partial charge on any atom is -0.464 e. The maximum absolute atomic E-state index is 13.8. The van der Waals surface area contributed by atoms with E-state index in [0.29, 0.717) is 25.1 Å². The SMILES string of the molecule is COCCN(CC(=O)N(Cc1ccccc1)Cc1ccc(C)o1)S(=O)(=O)CC12CCC(CC1=O)C2(C)C. The van der Waals surface area contributed by atoms with E-state index in [0.717, 1.165) is 17.7 Å². The van der Waals surface area contributed by atoms with E-state index in [1.54, 1.807) is 4.90 Å². The third-order valence-corrected chi connectivity index (χ3v) is 10.5. The van der Waals surface area contributed by atoms with Gasteiger partial charge in [-0.25, -0.2) is 8.42 Å². The Kier molecular flexibility index (Phi) is 7.97. The zero-order chi connectivity index (χ0) is 26.8. The molecule has 202 valence electrons. The Labute approximate surface area is 220 Å². The van der Waals surface area contributed by atoms with Crippen LogP contribution in [0.15, 0.2) is 46.9 Å². The van der Waals surface area contributed by atoms with Crippen LogP contribution in [0.3, 0.4) is 0 Å². The van der Waals surface area contributed by atoms with Gasteiger partial charge < -0.3 is 14.1 Å². The summed E-state index contributed by atoms with van der Waals surface area (Å²) in [6.07, 6.45) is 1.87. The Hall–Kier alpha value is -2.49. The van der Waals surface area contributed by atoms with E-state index in [1.807, 2.05) is 63.2 Å². The van der Waals surface area contributed by atoms with Crippen LogP contribution in [0, 0.1) is 23.7 Å². The van der Waals surface area contributed by atoms with E-state index in [9.17, 15) is 18.0 Å². The van der Waals surface area contributed by atoms with Gasteiger partial charge in [-0.15, -0.1) is 0 Å². The van der Waals surface area contributed by atoms with Crippen molar-refractivity contribution in [1.29, 1.82) is 0 Å². The number of aryl methyl sites for hydroxylation is 1. The highest BCUT2D eigenvalue weighted by Crippen LogP contribution is 2.64. The number of fused-ring (bicyclic) bond motifs is 2. The van der Waals surface area contributed by atoms with E-state index in [-0.39, 0.29) is 55.0 Å². The summed E-state index contributed by atoms with van der Waals surface area (Å²) in [6.45, 7) is 6.27. The van der Waals surface area contributed by atoms with Crippen molar-refractivity contribution in [3.63, 3.8) is 0 Å². The molecule has 0 saturated heterocycles. The number of furan rings is 1. The van der Waals surface area contributed by atoms with E-state index in [4.69, 9.17) is 9.15 Å². The smallest absolute Gasteiger partial charge is 0.238 e. The number of carbonyl (C=O) groups is 2. The van der Waals surface area contributed by atoms with Gasteiger partial charge in [-0.1, -0.05) is 44.2 Å². The number of ketones is 1. The summed E-state index contributed by atoms with van der Waals surface area (Å²) >= 11 is 0. The highest BCUT2D eigenvalue weighted by molar-refractivity contribution is 7.89. The summed E-state index contributed by atoms with van der Waals surface area (Å²) < 4.78 is 39.7. The summed E-state index contributed by atoms with van der Waals surface area (Å²) in [6, 6.07) is 13.2. The van der Waals surface area contributed by atoms with Crippen molar-refractivity contribution in [1.82, 2.24) is 9.21 Å². The number of rotatable bonds is 12. The fraction of sp³-hybridized carbons (Fsp3) is 0.571. The molecule has 2 bridgehead atoms. The van der Waals surface area contributed by atoms with Crippen molar-refractivity contribution in [2.75, 3.05) is 32.6 Å². The Balaban J connectivity index is 1.57. The minimum absolute atomic E-state index is 0.0363. The van der Waals surface area contributed by atoms with E-state index >= 15 is 0 Å². The van der Waals surface area contributed by atoms with Gasteiger partial charge in [0.05, 0.1) is 25.4 Å². The molecule has 2 aliphatic carbocycles. The lowest BCUT2D eigenvalue weighted by atomic mass is 9.70. The molecule has 8 nitrogen and oxygen atoms in total. The number of amides is 1. The number of sulfonamides is 1. The molecule has 2 fully saturated rings. The monoisotopic (exact) mass is 530 g/mol. The Morgan fingerprint density at radius 1 is 1.14 bits per heavy atom. The molecular weight excluding hydrogens is 492 g/mol. The fourth-order valence-electron chi connectivity index (χ4n) is 6.07. The van der Waals surface area contributed by atoms with Crippen molar-refractivity contribution < 1.29 is 27.2 Å². The van der Waals surface area contributed by atoms with Crippen LogP contribution in [0.4, 0.5) is 0 Å². The molecule has 2 atom stereocenters. The molecule has 1 heterocycles. The maximum atomic E-state index is 13.8. The minimum atomic E-state index is -3.93. The highest BCUT2D eigenvalue weighted by Gasteiger charge is 2.65. The molecule has 2 unspecified atom stereocenters. The molecule has 9 heteroatoms. The average Bonchev–Trinajstić information content (AvgIpc) is 3.42. The molecule has 2 aliphatic rings. The average molecular weight is 531 g/mol. The molecule has 0 aliphatic heterocycles. The normalized spacial score (nSPS) is 22.6. The van der Waals surface area contributed by atoms with Crippen molar-refractivity contribution in [2.45, 2.75) is 53.1 Å². The Bertz CT molecular complexity index is 1220. The van der Waals surface area contributed by atoms with Crippen LogP contribution in [0.25, 0.3) is 0 Å². The maximum Gasteiger partial charge on any atom is 0.238 e. The molecule has 0 N–H and O–H groups in total. The predicted octanol–water partition coefficient (Wildman–Crippen LogP) is 3.79. The molecule has 4 rings (SSSR count). The first-order valence-corrected chi connectivity index (χ1v) is 14.5. The molecular formula is C28H38N2O6S. The highest BCUT2D eigenvalue weighted by atomic mass is 32.2. The van der Waals surface area contributed by atoms with Gasteiger partial charge in [0.25, 0.3) is 0 Å². The number of carbonyl (C=O) groups excluding carboxylic acids is 2. The third kappa shape index (κ3) is 5.54. The number of nitrogens with zero attached hydrogens (tertiary/aromatic N) is 2. The van der Waals surface area contributed by atoms with Crippen LogP contribution in [-0.2, 0) is 37.4 Å². The number of methoxy groups -OCH3 is 1. The molecule has 1 aromatic heterocycles. The molecule has 1 amide bonds. The van der Waals surface area contributed by atoms with Crippen molar-refractivity contribution >= 4 is 21.7 Å². The van der Waals surface area contributed by atoms with Crippen molar-refractivity contribution in [3.8, 4) is 0 Å². The summed E-state index contributed by atoms with van der Waals surface area (Å²) in [7, 11) is -2.44. The van der Waals surface area contributed by atoms with Crippen LogP contribution < -0.4 is 0 Å². The molecule has 1 aromatic carbocycles. The quantitative estimate of drug-likeness (QED) is 0.414. The number of hydrogen-bond donors (Lipinski definition) is 0. The van der Waals surface area contributed by atoms with E-state index < -0.39 is 15.4 Å². The first kappa shape index (κ1) is 27.5. The number of Topliss-reactive ketones (excluding diaryl/α,β-unsaturated/α-hetero) is 1. The van der Waals surface area contributed by atoms with Gasteiger partial charge in [-0.05, 0) is 48.8 Å². The van der Waals surface area contributed by atoms with Gasteiger partial charge in [0, 0.05) is 32.0 Å². The predicted molar refractivity (Wildman–Crippen MR) is 140 cm³/mol. The second kappa shape index (κ2) is 10.7. The molecule has 0 spiro atoms. The summed E-state index contributed by atoms with van der Waals surface area (Å²) in [5.74, 6) is 1.01. The lowest BCUT2D eigenvalue weighted by molar-refractivity contribution is -0.133. The van der Waals surface area contributed by atoms with E-state index in [2.05, 4.69) is 0 Å². The molecule has 2 saturated carbocycles. The lowest BCUT2D eigenvalue weighted by Crippen LogP contribution is -2.49. The number of ether oxygens (including phenoxy) is 1. The first-order chi connectivity index (χ1) is 17.5. The second-order valence-electron chi connectivity index (χ2n) is 11.0. The van der Waals surface area contributed by atoms with Gasteiger partial charge in [-0.3, -0.25) is 9.59 Å². The van der Waals surface area contributed by atoms with Crippen LogP contribution in [0.2, 0.25) is 0 Å². The second-order valence-corrected chi connectivity index (χ2v) is 13.0. The van der Waals surface area contributed by atoms with Crippen LogP contribution in [0.5, 0.6) is 0 Å². The zero-order valence-electron chi connectivity index (χ0n) is 22.2. The fourth-order valence-corrected chi connectivity index (χ4v) is 8.21. The topological polar surface area (TPSA) is 97.1 Å². The standard InChI is InChI=1S/C28H38N2O6S/c1-21-10-11-24(36-21)18-29(17-22-8-6-5-7-9-22)26(32)19-30(14-15-35-4)37(33,34)20-28-13-12-23(16-25(28)31)27(28,2)3/h5-11,23H,12-20H2,1-4H3. The molecule has 2 aromatic rings. The Morgan fingerprint density at radius 3 is 2.43 bits per heavy atom. The third-order valence-electron chi connectivity index (χ3n) is 8.53. The van der Waals surface area contributed by atoms with Gasteiger partial charge in [0.1, 0.15) is 17.3 Å². The van der Waals surface area contributed by atoms with Crippen molar-refractivity contribution in [2.24, 2.45) is 16.7 Å². The molecule has 0 radical (unpaired) electrons. The van der Waals surface area contributed by atoms with Gasteiger partial charge >= 0.3 is 0 Å². The lowest BCUT2D eigenvalue weighted by Gasteiger charge is -2.37. The van der Waals surface area contributed by atoms with Crippen LogP contribution >= 0.6 is 0 Å². The van der Waals surface area contributed by atoms with Crippen LogP contribution in [0.1, 0.15) is 50.2 Å². The summed E-state index contributed by atoms with van der Waals surface area (Å²) in [5.41, 5.74) is -0.357. The van der Waals surface area contributed by atoms with Crippen LogP contribution in [-0.4, -0.2) is 61.9 Å². The van der Waals surface area contributed by atoms with Gasteiger partial charge in [-0.2, -0.15) is 4.31 Å². The number of benzene rings is 1. The van der Waals surface area contributed by atoms with Gasteiger partial charge in [0.2, 0.25) is 15.9 Å². The summed E-state index contributed by atoms with van der Waals surface area (Å²) in [4.78, 5) is 28.3. The van der Waals surface area contributed by atoms with E-state index in [1.165, 1.54) is 11.4 Å².